The van der Waals surface area contributed by atoms with E-state index < -0.39 is 0 Å². The summed E-state index contributed by atoms with van der Waals surface area (Å²) in [5.41, 5.74) is 0.794. The number of hydrogen-bond donors (Lipinski definition) is 0. The first kappa shape index (κ1) is 13.0. The number of hydrogen-bond acceptors (Lipinski definition) is 5. The molecule has 0 spiro atoms. The van der Waals surface area contributed by atoms with E-state index in [9.17, 15) is 0 Å². The number of rotatable bonds is 1. The number of fused-ring (bicyclic) bond motifs is 6. The third-order valence-electron chi connectivity index (χ3n) is 4.77. The Morgan fingerprint density at radius 2 is 2.24 bits per heavy atom. The van der Waals surface area contributed by atoms with Crippen molar-refractivity contribution in [3.8, 4) is 5.69 Å². The van der Waals surface area contributed by atoms with Gasteiger partial charge in [0.1, 0.15) is 17.6 Å². The van der Waals surface area contributed by atoms with Gasteiger partial charge in [-0.25, -0.2) is 4.98 Å². The van der Waals surface area contributed by atoms with E-state index in [2.05, 4.69) is 32.0 Å². The van der Waals surface area contributed by atoms with Crippen LogP contribution in [0.2, 0.25) is 5.28 Å². The summed E-state index contributed by atoms with van der Waals surface area (Å²) in [6.45, 7) is 3.19. The van der Waals surface area contributed by atoms with Gasteiger partial charge in [0.15, 0.2) is 11.6 Å². The van der Waals surface area contributed by atoms with Gasteiger partial charge in [-0.2, -0.15) is 4.98 Å². The first-order chi connectivity index (χ1) is 10.3. The number of anilines is 1. The Morgan fingerprint density at radius 3 is 3.10 bits per heavy atom. The summed E-state index contributed by atoms with van der Waals surface area (Å²) in [5, 5.41) is 8.86. The van der Waals surface area contributed by atoms with E-state index in [1.807, 2.05) is 4.57 Å². The molecule has 0 N–H and O–H groups in total. The van der Waals surface area contributed by atoms with E-state index >= 15 is 0 Å². The largest absolute Gasteiger partial charge is 0.342 e. The van der Waals surface area contributed by atoms with Gasteiger partial charge in [-0.15, -0.1) is 10.2 Å². The van der Waals surface area contributed by atoms with Crippen molar-refractivity contribution in [2.45, 2.75) is 44.6 Å². The molecule has 0 saturated carbocycles. The number of halogens is 1. The second-order valence-corrected chi connectivity index (χ2v) is 6.06. The predicted octanol–water partition coefficient (Wildman–Crippen LogP) is 2.71. The average Bonchev–Trinajstić information content (AvgIpc) is 2.88. The van der Waals surface area contributed by atoms with Gasteiger partial charge < -0.3 is 4.90 Å². The molecule has 4 rings (SSSR count). The highest BCUT2D eigenvalue weighted by Gasteiger charge is 2.46. The van der Waals surface area contributed by atoms with Crippen LogP contribution >= 0.6 is 11.6 Å². The van der Waals surface area contributed by atoms with Crippen molar-refractivity contribution in [1.82, 2.24) is 24.7 Å². The van der Waals surface area contributed by atoms with Gasteiger partial charge in [-0.3, -0.25) is 4.57 Å². The Kier molecular flexibility index (Phi) is 2.89. The summed E-state index contributed by atoms with van der Waals surface area (Å²) in [6, 6.07) is 0. The molecule has 2 aromatic heterocycles. The second-order valence-electron chi connectivity index (χ2n) is 5.72. The third kappa shape index (κ3) is 1.71. The first-order valence-electron chi connectivity index (χ1n) is 7.47. The maximum absolute atomic E-state index is 6.05. The summed E-state index contributed by atoms with van der Waals surface area (Å²) in [6.07, 6.45) is 9.17. The van der Waals surface area contributed by atoms with Crippen LogP contribution in [-0.2, 0) is 5.54 Å². The zero-order valence-corrected chi connectivity index (χ0v) is 12.7. The van der Waals surface area contributed by atoms with Gasteiger partial charge in [0, 0.05) is 6.54 Å². The molecule has 2 aliphatic rings. The Hall–Kier alpha value is -1.69. The van der Waals surface area contributed by atoms with Crippen LogP contribution in [0.25, 0.3) is 5.69 Å². The van der Waals surface area contributed by atoms with Crippen LogP contribution < -0.4 is 4.90 Å². The minimum absolute atomic E-state index is 0.127. The summed E-state index contributed by atoms with van der Waals surface area (Å²) in [7, 11) is 0. The monoisotopic (exact) mass is 304 g/mol. The van der Waals surface area contributed by atoms with Crippen LogP contribution in [0.4, 0.5) is 5.82 Å². The quantitative estimate of drug-likeness (QED) is 0.758. The molecule has 0 bridgehead atoms. The first-order valence-corrected chi connectivity index (χ1v) is 7.85. The van der Waals surface area contributed by atoms with E-state index in [0.29, 0.717) is 5.28 Å². The molecule has 0 aromatic carbocycles. The van der Waals surface area contributed by atoms with Crippen LogP contribution in [0.3, 0.4) is 0 Å². The molecule has 2 aliphatic heterocycles. The second kappa shape index (κ2) is 4.66. The van der Waals surface area contributed by atoms with Crippen molar-refractivity contribution in [2.24, 2.45) is 0 Å². The van der Waals surface area contributed by atoms with Crippen LogP contribution in [0.5, 0.6) is 0 Å². The summed E-state index contributed by atoms with van der Waals surface area (Å²) in [5.74, 6) is 1.91. The van der Waals surface area contributed by atoms with E-state index in [1.165, 1.54) is 12.8 Å². The number of nitrogens with zero attached hydrogens (tertiary/aromatic N) is 6. The van der Waals surface area contributed by atoms with Crippen LogP contribution in [0.15, 0.2) is 12.5 Å². The molecule has 4 heterocycles. The lowest BCUT2D eigenvalue weighted by molar-refractivity contribution is 0.329. The van der Waals surface area contributed by atoms with Crippen LogP contribution in [0.1, 0.15) is 44.9 Å². The number of aromatic nitrogens is 5. The molecule has 0 aliphatic carbocycles. The van der Waals surface area contributed by atoms with E-state index in [-0.39, 0.29) is 5.54 Å². The fourth-order valence-electron chi connectivity index (χ4n) is 3.72. The molecule has 6 nitrogen and oxygen atoms in total. The maximum Gasteiger partial charge on any atom is 0.224 e. The van der Waals surface area contributed by atoms with E-state index in [0.717, 1.165) is 43.1 Å². The molecule has 21 heavy (non-hydrogen) atoms. The summed E-state index contributed by atoms with van der Waals surface area (Å²) < 4.78 is 2.02. The molecule has 1 saturated heterocycles. The minimum Gasteiger partial charge on any atom is -0.342 e. The van der Waals surface area contributed by atoms with Crippen molar-refractivity contribution in [3.05, 3.63) is 23.6 Å². The smallest absolute Gasteiger partial charge is 0.224 e. The van der Waals surface area contributed by atoms with Gasteiger partial charge in [0.05, 0.1) is 6.20 Å². The van der Waals surface area contributed by atoms with Crippen LogP contribution in [0, 0.1) is 0 Å². The van der Waals surface area contributed by atoms with Crippen molar-refractivity contribution < 1.29 is 0 Å². The lowest BCUT2D eigenvalue weighted by atomic mass is 9.86. The summed E-state index contributed by atoms with van der Waals surface area (Å²) >= 11 is 6.05. The summed E-state index contributed by atoms with van der Waals surface area (Å²) in [4.78, 5) is 11.0. The minimum atomic E-state index is -0.127. The molecule has 0 radical (unpaired) electrons. The molecule has 110 valence electrons. The maximum atomic E-state index is 6.05. The van der Waals surface area contributed by atoms with Crippen molar-refractivity contribution >= 4 is 17.4 Å². The van der Waals surface area contributed by atoms with Gasteiger partial charge in [-0.05, 0) is 30.9 Å². The van der Waals surface area contributed by atoms with Crippen molar-refractivity contribution in [3.63, 3.8) is 0 Å². The molecule has 0 amide bonds. The highest BCUT2D eigenvalue weighted by atomic mass is 35.5. The molecular formula is C14H17ClN6. The van der Waals surface area contributed by atoms with Gasteiger partial charge >= 0.3 is 0 Å². The molecule has 7 heteroatoms. The Labute approximate surface area is 128 Å². The third-order valence-corrected chi connectivity index (χ3v) is 4.96. The Balaban J connectivity index is 2.01. The van der Waals surface area contributed by atoms with Crippen molar-refractivity contribution in [2.75, 3.05) is 11.4 Å². The Bertz CT molecular complexity index is 684. The average molecular weight is 305 g/mol. The topological polar surface area (TPSA) is 59.7 Å². The zero-order chi connectivity index (χ0) is 14.4. The highest BCUT2D eigenvalue weighted by molar-refractivity contribution is 6.28. The lowest BCUT2D eigenvalue weighted by Gasteiger charge is -2.46. The molecule has 1 fully saturated rings. The SMILES string of the molecule is CCC12CCCCCN1c1nc(Cl)ncc1-n1cnnc12. The Morgan fingerprint density at radius 1 is 1.33 bits per heavy atom. The lowest BCUT2D eigenvalue weighted by Crippen LogP contribution is -2.50. The van der Waals surface area contributed by atoms with Gasteiger partial charge in [0.25, 0.3) is 0 Å². The molecule has 1 atom stereocenters. The van der Waals surface area contributed by atoms with E-state index in [4.69, 9.17) is 11.6 Å². The highest BCUT2D eigenvalue weighted by Crippen LogP contribution is 2.46. The van der Waals surface area contributed by atoms with Gasteiger partial charge in [0.2, 0.25) is 5.28 Å². The molecule has 1 unspecified atom stereocenters. The normalized spacial score (nSPS) is 24.0. The molecular weight excluding hydrogens is 288 g/mol. The predicted molar refractivity (Wildman–Crippen MR) is 79.7 cm³/mol. The zero-order valence-electron chi connectivity index (χ0n) is 12.0. The fraction of sp³-hybridized carbons (Fsp3) is 0.571. The standard InChI is InChI=1S/C14H17ClN6/c1-2-14-6-4-3-5-7-21(14)11-10(8-16-13(15)18-11)20-9-17-19-12(14)20/h8-9H,2-7H2,1H3. The fourth-order valence-corrected chi connectivity index (χ4v) is 3.85. The molecule has 2 aromatic rings. The van der Waals surface area contributed by atoms with Gasteiger partial charge in [-0.1, -0.05) is 19.8 Å². The van der Waals surface area contributed by atoms with Crippen LogP contribution in [-0.4, -0.2) is 31.3 Å². The van der Waals surface area contributed by atoms with E-state index in [1.54, 1.807) is 12.5 Å². The van der Waals surface area contributed by atoms with Crippen molar-refractivity contribution in [1.29, 1.82) is 0 Å².